The standard InChI is InChI=1S/C22H20Br3N3O4/c1-5-11(2)21-27-16-7-6-14(23)9-15(16)22(30)28(21)26-10-13-8-17(31-4)20(32-12(3)29)19(25)18(13)24/h6-11H,5H2,1-4H3/t11-/m0/s1. The fraction of sp³-hybridized carbons (Fsp3) is 0.273. The summed E-state index contributed by atoms with van der Waals surface area (Å²) < 4.78 is 13.8. The van der Waals surface area contributed by atoms with Crippen LogP contribution >= 0.6 is 47.8 Å². The summed E-state index contributed by atoms with van der Waals surface area (Å²) in [5.74, 6) is 0.701. The lowest BCUT2D eigenvalue weighted by Crippen LogP contribution is -2.23. The molecule has 3 aromatic rings. The molecule has 2 aromatic carbocycles. The van der Waals surface area contributed by atoms with Gasteiger partial charge in [0.15, 0.2) is 11.5 Å². The number of carbonyl (C=O) groups is 1. The second kappa shape index (κ2) is 10.3. The number of methoxy groups -OCH3 is 1. The first-order valence-corrected chi connectivity index (χ1v) is 12.1. The van der Waals surface area contributed by atoms with Crippen LogP contribution in [0.5, 0.6) is 11.5 Å². The van der Waals surface area contributed by atoms with Crippen molar-refractivity contribution in [2.45, 2.75) is 33.1 Å². The van der Waals surface area contributed by atoms with Crippen molar-refractivity contribution >= 4 is 70.9 Å². The largest absolute Gasteiger partial charge is 0.493 e. The minimum Gasteiger partial charge on any atom is -0.493 e. The van der Waals surface area contributed by atoms with Gasteiger partial charge in [0.1, 0.15) is 5.82 Å². The summed E-state index contributed by atoms with van der Waals surface area (Å²) in [4.78, 5) is 29.4. The Morgan fingerprint density at radius 3 is 2.59 bits per heavy atom. The van der Waals surface area contributed by atoms with Crippen LogP contribution in [-0.2, 0) is 4.79 Å². The second-order valence-electron chi connectivity index (χ2n) is 7.02. The van der Waals surface area contributed by atoms with E-state index in [4.69, 9.17) is 14.5 Å². The van der Waals surface area contributed by atoms with Crippen LogP contribution in [0.3, 0.4) is 0 Å². The smallest absolute Gasteiger partial charge is 0.308 e. The van der Waals surface area contributed by atoms with E-state index in [0.717, 1.165) is 10.9 Å². The molecule has 0 unspecified atom stereocenters. The summed E-state index contributed by atoms with van der Waals surface area (Å²) in [6.07, 6.45) is 2.33. The predicted molar refractivity (Wildman–Crippen MR) is 135 cm³/mol. The molecule has 32 heavy (non-hydrogen) atoms. The molecule has 1 aromatic heterocycles. The molecule has 7 nitrogen and oxygen atoms in total. The fourth-order valence-electron chi connectivity index (χ4n) is 2.99. The number of carbonyl (C=O) groups excluding carboxylic acids is 1. The molecule has 0 amide bonds. The summed E-state index contributed by atoms with van der Waals surface area (Å²) in [7, 11) is 1.47. The van der Waals surface area contributed by atoms with E-state index >= 15 is 0 Å². The first-order valence-electron chi connectivity index (χ1n) is 9.68. The monoisotopic (exact) mass is 627 g/mol. The van der Waals surface area contributed by atoms with Gasteiger partial charge in [0.05, 0.1) is 28.7 Å². The maximum absolute atomic E-state index is 13.3. The van der Waals surface area contributed by atoms with Crippen LogP contribution < -0.4 is 15.0 Å². The molecule has 1 atom stereocenters. The van der Waals surface area contributed by atoms with Gasteiger partial charge in [-0.1, -0.05) is 29.8 Å². The van der Waals surface area contributed by atoms with Crippen molar-refractivity contribution in [3.63, 3.8) is 0 Å². The van der Waals surface area contributed by atoms with Crippen molar-refractivity contribution in [3.8, 4) is 11.5 Å². The lowest BCUT2D eigenvalue weighted by molar-refractivity contribution is -0.132. The number of aromatic nitrogens is 2. The first kappa shape index (κ1) is 24.6. The molecule has 0 aliphatic carbocycles. The van der Waals surface area contributed by atoms with Gasteiger partial charge in [0, 0.05) is 27.4 Å². The Morgan fingerprint density at radius 1 is 1.25 bits per heavy atom. The Morgan fingerprint density at radius 2 is 1.97 bits per heavy atom. The molecule has 0 aliphatic rings. The van der Waals surface area contributed by atoms with E-state index in [1.807, 2.05) is 26.0 Å². The van der Waals surface area contributed by atoms with Crippen LogP contribution in [0.1, 0.15) is 44.5 Å². The van der Waals surface area contributed by atoms with Crippen LogP contribution in [0, 0.1) is 0 Å². The third-order valence-corrected chi connectivity index (χ3v) is 7.46. The van der Waals surface area contributed by atoms with Gasteiger partial charge in [-0.15, -0.1) is 0 Å². The molecule has 0 bridgehead atoms. The van der Waals surface area contributed by atoms with Crippen molar-refractivity contribution in [1.29, 1.82) is 0 Å². The van der Waals surface area contributed by atoms with Gasteiger partial charge in [-0.2, -0.15) is 9.78 Å². The molecule has 0 saturated carbocycles. The number of hydrogen-bond acceptors (Lipinski definition) is 6. The Balaban J connectivity index is 2.20. The van der Waals surface area contributed by atoms with Crippen molar-refractivity contribution in [3.05, 3.63) is 59.4 Å². The summed E-state index contributed by atoms with van der Waals surface area (Å²) in [5.41, 5.74) is 0.971. The zero-order valence-electron chi connectivity index (χ0n) is 17.8. The molecule has 0 N–H and O–H groups in total. The van der Waals surface area contributed by atoms with Gasteiger partial charge in [0.25, 0.3) is 5.56 Å². The average molecular weight is 630 g/mol. The van der Waals surface area contributed by atoms with E-state index in [1.165, 1.54) is 24.9 Å². The molecule has 0 aliphatic heterocycles. The number of fused-ring (bicyclic) bond motifs is 1. The highest BCUT2D eigenvalue weighted by molar-refractivity contribution is 9.13. The Labute approximate surface area is 210 Å². The van der Waals surface area contributed by atoms with Gasteiger partial charge >= 0.3 is 5.97 Å². The van der Waals surface area contributed by atoms with Crippen molar-refractivity contribution in [2.75, 3.05) is 7.11 Å². The molecule has 168 valence electrons. The highest BCUT2D eigenvalue weighted by Crippen LogP contribution is 2.42. The molecular weight excluding hydrogens is 610 g/mol. The topological polar surface area (TPSA) is 82.8 Å². The van der Waals surface area contributed by atoms with Crippen LogP contribution in [0.15, 0.2) is 47.6 Å². The molecule has 0 fully saturated rings. The normalized spacial score (nSPS) is 12.3. The molecular formula is C22H20Br3N3O4. The highest BCUT2D eigenvalue weighted by Gasteiger charge is 2.19. The molecule has 1 heterocycles. The van der Waals surface area contributed by atoms with Gasteiger partial charge < -0.3 is 9.47 Å². The maximum Gasteiger partial charge on any atom is 0.308 e. The third-order valence-electron chi connectivity index (χ3n) is 4.82. The molecule has 3 rings (SSSR count). The van der Waals surface area contributed by atoms with Crippen molar-refractivity contribution in [1.82, 2.24) is 9.66 Å². The van der Waals surface area contributed by atoms with Crippen LogP contribution in [0.4, 0.5) is 0 Å². The minimum absolute atomic E-state index is 0.0175. The van der Waals surface area contributed by atoms with Crippen LogP contribution in [-0.4, -0.2) is 29.0 Å². The summed E-state index contributed by atoms with van der Waals surface area (Å²) in [6.45, 7) is 5.34. The summed E-state index contributed by atoms with van der Waals surface area (Å²) in [5, 5.41) is 4.94. The summed E-state index contributed by atoms with van der Waals surface area (Å²) >= 11 is 10.3. The average Bonchev–Trinajstić information content (AvgIpc) is 2.76. The minimum atomic E-state index is -0.476. The van der Waals surface area contributed by atoms with Crippen molar-refractivity contribution in [2.24, 2.45) is 5.10 Å². The molecule has 0 radical (unpaired) electrons. The number of rotatable bonds is 6. The molecule has 0 spiro atoms. The first-order chi connectivity index (χ1) is 15.2. The SMILES string of the molecule is CC[C@H](C)c1nc2ccc(Br)cc2c(=O)n1N=Cc1cc(OC)c(OC(C)=O)c(Br)c1Br. The quantitative estimate of drug-likeness (QED) is 0.189. The molecule has 10 heteroatoms. The van der Waals surface area contributed by atoms with E-state index in [1.54, 1.807) is 12.1 Å². The number of ether oxygens (including phenoxy) is 2. The highest BCUT2D eigenvalue weighted by atomic mass is 79.9. The third kappa shape index (κ3) is 4.97. The van der Waals surface area contributed by atoms with E-state index in [-0.39, 0.29) is 17.2 Å². The Kier molecular flexibility index (Phi) is 7.89. The number of esters is 1. The van der Waals surface area contributed by atoms with E-state index in [0.29, 0.717) is 37.0 Å². The van der Waals surface area contributed by atoms with Gasteiger partial charge in [-0.05, 0) is 62.5 Å². The molecule has 0 saturated heterocycles. The number of nitrogens with zero attached hydrogens (tertiary/aromatic N) is 3. The van der Waals surface area contributed by atoms with E-state index in [9.17, 15) is 9.59 Å². The van der Waals surface area contributed by atoms with E-state index < -0.39 is 5.97 Å². The predicted octanol–water partition coefficient (Wildman–Crippen LogP) is 6.01. The maximum atomic E-state index is 13.3. The van der Waals surface area contributed by atoms with Crippen molar-refractivity contribution < 1.29 is 14.3 Å². The van der Waals surface area contributed by atoms with Gasteiger partial charge in [0.2, 0.25) is 0 Å². The zero-order chi connectivity index (χ0) is 23.6. The summed E-state index contributed by atoms with van der Waals surface area (Å²) in [6, 6.07) is 7.07. The van der Waals surface area contributed by atoms with Crippen LogP contribution in [0.2, 0.25) is 0 Å². The number of benzene rings is 2. The Bertz CT molecular complexity index is 1290. The zero-order valence-corrected chi connectivity index (χ0v) is 22.5. The lowest BCUT2D eigenvalue weighted by atomic mass is 10.1. The lowest BCUT2D eigenvalue weighted by Gasteiger charge is -2.15. The van der Waals surface area contributed by atoms with Crippen LogP contribution in [0.25, 0.3) is 10.9 Å². The van der Waals surface area contributed by atoms with Gasteiger partial charge in [-0.3, -0.25) is 9.59 Å². The fourth-order valence-corrected chi connectivity index (χ4v) is 4.25. The van der Waals surface area contributed by atoms with Gasteiger partial charge in [-0.25, -0.2) is 4.98 Å². The second-order valence-corrected chi connectivity index (χ2v) is 9.52. The number of hydrogen-bond donors (Lipinski definition) is 0. The number of halogens is 3. The Hall–Kier alpha value is -2.04. The van der Waals surface area contributed by atoms with E-state index in [2.05, 4.69) is 52.9 Å².